The van der Waals surface area contributed by atoms with Gasteiger partial charge in [0, 0.05) is 25.4 Å². The molecule has 2 N–H and O–H groups in total. The zero-order chi connectivity index (χ0) is 23.3. The fourth-order valence-electron chi connectivity index (χ4n) is 4.66. The number of hydrogen-bond donors (Lipinski definition) is 2. The molecule has 1 spiro atoms. The first-order valence-electron chi connectivity index (χ1n) is 12.1. The Morgan fingerprint density at radius 3 is 2.18 bits per heavy atom. The first-order valence-corrected chi connectivity index (χ1v) is 13.1. The fourth-order valence-corrected chi connectivity index (χ4v) is 6.07. The highest BCUT2D eigenvalue weighted by atomic mass is 32.2. The normalized spacial score (nSPS) is 20.7. The molecule has 2 saturated heterocycles. The lowest BCUT2D eigenvalue weighted by Gasteiger charge is -2.40. The van der Waals surface area contributed by atoms with E-state index in [4.69, 9.17) is 0 Å². The second-order valence-electron chi connectivity index (χ2n) is 9.34. The Balaban J connectivity index is 1.39. The highest BCUT2D eigenvalue weighted by molar-refractivity contribution is 8.01. The maximum absolute atomic E-state index is 13.7. The molecule has 2 aliphatic rings. The molecule has 5 nitrogen and oxygen atoms in total. The Kier molecular flexibility index (Phi) is 7.76. The predicted molar refractivity (Wildman–Crippen MR) is 135 cm³/mol. The first-order chi connectivity index (χ1) is 16.0. The van der Waals surface area contributed by atoms with Crippen LogP contribution in [0.5, 0.6) is 0 Å². The van der Waals surface area contributed by atoms with Gasteiger partial charge in [0.25, 0.3) is 0 Å². The van der Waals surface area contributed by atoms with Crippen molar-refractivity contribution in [3.05, 3.63) is 71.8 Å². The van der Waals surface area contributed by atoms with Gasteiger partial charge in [-0.3, -0.25) is 14.9 Å². The van der Waals surface area contributed by atoms with Crippen molar-refractivity contribution < 1.29 is 9.59 Å². The summed E-state index contributed by atoms with van der Waals surface area (Å²) in [7, 11) is 0. The number of nitrogens with one attached hydrogen (secondary N) is 2. The van der Waals surface area contributed by atoms with Crippen molar-refractivity contribution in [3.63, 3.8) is 0 Å². The topological polar surface area (TPSA) is 61.4 Å². The van der Waals surface area contributed by atoms with Crippen LogP contribution in [0.25, 0.3) is 0 Å². The van der Waals surface area contributed by atoms with Gasteiger partial charge in [0.1, 0.15) is 0 Å². The van der Waals surface area contributed by atoms with Crippen molar-refractivity contribution in [3.8, 4) is 0 Å². The molecule has 6 heteroatoms. The van der Waals surface area contributed by atoms with E-state index in [0.29, 0.717) is 19.0 Å². The number of thioether (sulfide) groups is 1. The highest BCUT2D eigenvalue weighted by Gasteiger charge is 2.45. The van der Waals surface area contributed by atoms with Gasteiger partial charge in [-0.1, -0.05) is 80.9 Å². The zero-order valence-electron chi connectivity index (χ0n) is 19.6. The van der Waals surface area contributed by atoms with Gasteiger partial charge in [0.2, 0.25) is 11.8 Å². The minimum absolute atomic E-state index is 0.103. The van der Waals surface area contributed by atoms with Crippen LogP contribution in [0.15, 0.2) is 60.7 Å². The fraction of sp³-hybridized carbons (Fsp3) is 0.481. The van der Waals surface area contributed by atoms with Crippen LogP contribution in [-0.2, 0) is 9.59 Å². The van der Waals surface area contributed by atoms with Crippen molar-refractivity contribution in [2.75, 3.05) is 25.4 Å². The van der Waals surface area contributed by atoms with Crippen LogP contribution in [0.1, 0.15) is 50.2 Å². The second kappa shape index (κ2) is 10.7. The molecular weight excluding hydrogens is 430 g/mol. The molecule has 0 bridgehead atoms. The average Bonchev–Trinajstić information content (AvgIpc) is 3.27. The quantitative estimate of drug-likeness (QED) is 0.649. The third-order valence-electron chi connectivity index (χ3n) is 7.00. The molecule has 0 saturated carbocycles. The number of carbonyl (C=O) groups excluding carboxylic acids is 2. The van der Waals surface area contributed by atoms with Crippen molar-refractivity contribution in [1.29, 1.82) is 0 Å². The molecule has 4 rings (SSSR count). The Bertz CT molecular complexity index is 889. The van der Waals surface area contributed by atoms with Gasteiger partial charge in [-0.15, -0.1) is 11.8 Å². The van der Waals surface area contributed by atoms with Crippen LogP contribution in [0, 0.1) is 5.92 Å². The van der Waals surface area contributed by atoms with E-state index in [9.17, 15) is 9.59 Å². The maximum Gasteiger partial charge on any atom is 0.238 e. The molecule has 2 aromatic rings. The summed E-state index contributed by atoms with van der Waals surface area (Å²) in [4.78, 5) is 28.2. The molecule has 2 heterocycles. The molecule has 2 aromatic carbocycles. The molecule has 0 aromatic heterocycles. The van der Waals surface area contributed by atoms with Gasteiger partial charge in [0.15, 0.2) is 0 Å². The summed E-state index contributed by atoms with van der Waals surface area (Å²) < 4.78 is 0. The van der Waals surface area contributed by atoms with Crippen molar-refractivity contribution in [2.45, 2.75) is 49.9 Å². The number of hydrogen-bond acceptors (Lipinski definition) is 4. The number of nitrogens with zero attached hydrogens (tertiary/aromatic N) is 1. The smallest absolute Gasteiger partial charge is 0.238 e. The maximum atomic E-state index is 13.7. The average molecular weight is 466 g/mol. The van der Waals surface area contributed by atoms with Crippen LogP contribution in [-0.4, -0.2) is 53.0 Å². The third-order valence-corrected chi connectivity index (χ3v) is 8.58. The largest absolute Gasteiger partial charge is 0.354 e. The van der Waals surface area contributed by atoms with Gasteiger partial charge in [-0.05, 0) is 29.9 Å². The summed E-state index contributed by atoms with van der Waals surface area (Å²) in [5.41, 5.74) is 2.06. The number of piperidine rings is 1. The Morgan fingerprint density at radius 1 is 1.06 bits per heavy atom. The zero-order valence-corrected chi connectivity index (χ0v) is 20.4. The second-order valence-corrected chi connectivity index (χ2v) is 10.7. The number of likely N-dealkylation sites (tertiary alicyclic amines) is 1. The molecule has 176 valence electrons. The van der Waals surface area contributed by atoms with Gasteiger partial charge in [0.05, 0.1) is 16.8 Å². The van der Waals surface area contributed by atoms with Gasteiger partial charge >= 0.3 is 0 Å². The lowest BCUT2D eigenvalue weighted by molar-refractivity contribution is -0.133. The van der Waals surface area contributed by atoms with E-state index < -0.39 is 0 Å². The van der Waals surface area contributed by atoms with E-state index in [1.54, 1.807) is 0 Å². The first kappa shape index (κ1) is 23.8. The summed E-state index contributed by atoms with van der Waals surface area (Å²) in [6.07, 6.45) is 2.78. The van der Waals surface area contributed by atoms with E-state index in [0.717, 1.165) is 42.7 Å². The van der Waals surface area contributed by atoms with E-state index in [2.05, 4.69) is 24.5 Å². The van der Waals surface area contributed by atoms with Crippen LogP contribution in [0.4, 0.5) is 0 Å². The SMILES string of the molecule is CCC(C)CNC(=O)C1CSC2(CCN(C(=O)C(c3ccccc3)c3ccccc3)CC2)N1. The van der Waals surface area contributed by atoms with Crippen LogP contribution >= 0.6 is 11.8 Å². The van der Waals surface area contributed by atoms with Gasteiger partial charge in [-0.25, -0.2) is 0 Å². The lowest BCUT2D eigenvalue weighted by atomic mass is 9.89. The number of benzene rings is 2. The molecule has 0 aliphatic carbocycles. The van der Waals surface area contributed by atoms with Gasteiger partial charge < -0.3 is 10.2 Å². The van der Waals surface area contributed by atoms with Crippen molar-refractivity contribution in [2.24, 2.45) is 5.92 Å². The minimum atomic E-state index is -0.287. The molecule has 2 atom stereocenters. The standard InChI is InChI=1S/C27H35N3O2S/c1-3-20(2)18-28-25(31)23-19-33-27(29-23)14-16-30(17-15-27)26(32)24(21-10-6-4-7-11-21)22-12-8-5-9-13-22/h4-13,20,23-24,29H,3,14-19H2,1-2H3,(H,28,31). The van der Waals surface area contributed by atoms with E-state index in [-0.39, 0.29) is 28.6 Å². The van der Waals surface area contributed by atoms with E-state index in [1.165, 1.54) is 0 Å². The Hall–Kier alpha value is -2.31. The molecular formula is C27H35N3O2S. The molecule has 2 fully saturated rings. The number of carbonyl (C=O) groups is 2. The molecule has 33 heavy (non-hydrogen) atoms. The summed E-state index contributed by atoms with van der Waals surface area (Å²) in [6.45, 7) is 6.44. The van der Waals surface area contributed by atoms with Gasteiger partial charge in [-0.2, -0.15) is 0 Å². The van der Waals surface area contributed by atoms with E-state index >= 15 is 0 Å². The Morgan fingerprint density at radius 2 is 1.64 bits per heavy atom. The minimum Gasteiger partial charge on any atom is -0.354 e. The summed E-state index contributed by atoms with van der Waals surface area (Å²) in [5.74, 6) is 1.26. The van der Waals surface area contributed by atoms with Crippen molar-refractivity contribution in [1.82, 2.24) is 15.5 Å². The third kappa shape index (κ3) is 5.61. The van der Waals surface area contributed by atoms with Crippen LogP contribution in [0.3, 0.4) is 0 Å². The molecule has 0 radical (unpaired) electrons. The monoisotopic (exact) mass is 465 g/mol. The Labute approximate surface area is 201 Å². The molecule has 2 unspecified atom stereocenters. The lowest BCUT2D eigenvalue weighted by Crippen LogP contribution is -2.55. The molecule has 2 aliphatic heterocycles. The number of amides is 2. The number of rotatable bonds is 7. The van der Waals surface area contributed by atoms with Crippen molar-refractivity contribution >= 4 is 23.6 Å². The van der Waals surface area contributed by atoms with Crippen LogP contribution < -0.4 is 10.6 Å². The highest BCUT2D eigenvalue weighted by Crippen LogP contribution is 2.40. The summed E-state index contributed by atoms with van der Waals surface area (Å²) in [5, 5.41) is 6.71. The molecule has 2 amide bonds. The van der Waals surface area contributed by atoms with Crippen LogP contribution in [0.2, 0.25) is 0 Å². The van der Waals surface area contributed by atoms with E-state index in [1.807, 2.05) is 77.3 Å². The summed E-state index contributed by atoms with van der Waals surface area (Å²) >= 11 is 1.85. The predicted octanol–water partition coefficient (Wildman–Crippen LogP) is 4.00. The summed E-state index contributed by atoms with van der Waals surface area (Å²) in [6, 6.07) is 20.0.